The number of aliphatic hydroxyl groups is 1. The Morgan fingerprint density at radius 2 is 2.05 bits per heavy atom. The second-order valence-electron chi connectivity index (χ2n) is 4.21. The van der Waals surface area contributed by atoms with E-state index in [4.69, 9.17) is 9.84 Å². The lowest BCUT2D eigenvalue weighted by molar-refractivity contribution is 0.0827. The molecule has 0 aliphatic carbocycles. The van der Waals surface area contributed by atoms with Crippen molar-refractivity contribution in [2.24, 2.45) is 0 Å². The summed E-state index contributed by atoms with van der Waals surface area (Å²) in [6.45, 7) is 1.51. The largest absolute Gasteiger partial charge is 0.447 e. The molecule has 0 bridgehead atoms. The summed E-state index contributed by atoms with van der Waals surface area (Å²) < 4.78 is 4.70. The highest BCUT2D eigenvalue weighted by atomic mass is 16.6. The average molecular weight is 266 g/mol. The van der Waals surface area contributed by atoms with Gasteiger partial charge in [-0.15, -0.1) is 0 Å². The van der Waals surface area contributed by atoms with Crippen LogP contribution < -0.4 is 5.32 Å². The van der Waals surface area contributed by atoms with Crippen LogP contribution in [-0.2, 0) is 4.74 Å². The van der Waals surface area contributed by atoms with Gasteiger partial charge in [-0.1, -0.05) is 6.07 Å². The van der Waals surface area contributed by atoms with E-state index < -0.39 is 6.09 Å². The van der Waals surface area contributed by atoms with Crippen LogP contribution in [0.25, 0.3) is 0 Å². The first-order valence-electron chi connectivity index (χ1n) is 5.82. The topological polar surface area (TPSA) is 78.9 Å². The Bertz CT molecular complexity index is 472. The third-order valence-electron chi connectivity index (χ3n) is 2.45. The first kappa shape index (κ1) is 15.0. The molecule has 6 heteroatoms. The molecule has 0 aromatic heterocycles. The summed E-state index contributed by atoms with van der Waals surface area (Å²) in [5, 5.41) is 11.1. The molecule has 104 valence electrons. The molecule has 0 radical (unpaired) electrons. The monoisotopic (exact) mass is 266 g/mol. The van der Waals surface area contributed by atoms with Gasteiger partial charge in [0.25, 0.3) is 5.91 Å². The Hall–Kier alpha value is -2.08. The Morgan fingerprint density at radius 3 is 2.63 bits per heavy atom. The molecule has 19 heavy (non-hydrogen) atoms. The highest BCUT2D eigenvalue weighted by Crippen LogP contribution is 2.18. The van der Waals surface area contributed by atoms with Crippen molar-refractivity contribution >= 4 is 17.7 Å². The van der Waals surface area contributed by atoms with Gasteiger partial charge in [-0.05, 0) is 24.6 Å². The normalized spacial score (nSPS) is 9.89. The molecule has 0 saturated heterocycles. The summed E-state index contributed by atoms with van der Waals surface area (Å²) in [6.07, 6.45) is -0.661. The number of amides is 2. The molecule has 0 aliphatic heterocycles. The van der Waals surface area contributed by atoms with Gasteiger partial charge >= 0.3 is 6.09 Å². The number of carbonyl (C=O) groups is 2. The van der Waals surface area contributed by atoms with E-state index in [1.165, 1.54) is 4.90 Å². The summed E-state index contributed by atoms with van der Waals surface area (Å²) in [5.74, 6) is -0.147. The molecule has 0 heterocycles. The van der Waals surface area contributed by atoms with Crippen molar-refractivity contribution in [2.75, 3.05) is 32.6 Å². The summed E-state index contributed by atoms with van der Waals surface area (Å²) in [5.41, 5.74) is 1.81. The maximum absolute atomic E-state index is 11.8. The summed E-state index contributed by atoms with van der Waals surface area (Å²) in [6, 6.07) is 5.04. The van der Waals surface area contributed by atoms with Crippen LogP contribution in [0.15, 0.2) is 18.2 Å². The van der Waals surface area contributed by atoms with Crippen molar-refractivity contribution in [2.45, 2.75) is 6.92 Å². The highest BCUT2D eigenvalue weighted by Gasteiger charge is 2.11. The molecular formula is C13H18N2O4. The van der Waals surface area contributed by atoms with Crippen LogP contribution in [-0.4, -0.2) is 49.3 Å². The van der Waals surface area contributed by atoms with E-state index in [1.807, 2.05) is 6.92 Å². The predicted molar refractivity (Wildman–Crippen MR) is 71.3 cm³/mol. The Kier molecular flexibility index (Phi) is 5.32. The SMILES string of the molecule is Cc1ccc(C(=O)N(C)C)cc1NC(=O)OCCO. The third kappa shape index (κ3) is 4.26. The second-order valence-corrected chi connectivity index (χ2v) is 4.21. The number of hydrogen-bond donors (Lipinski definition) is 2. The van der Waals surface area contributed by atoms with Crippen molar-refractivity contribution in [1.82, 2.24) is 4.90 Å². The molecule has 0 fully saturated rings. The van der Waals surface area contributed by atoms with Gasteiger partial charge < -0.3 is 14.7 Å². The molecule has 0 saturated carbocycles. The van der Waals surface area contributed by atoms with E-state index in [9.17, 15) is 9.59 Å². The van der Waals surface area contributed by atoms with Gasteiger partial charge in [0.2, 0.25) is 0 Å². The van der Waals surface area contributed by atoms with Gasteiger partial charge in [-0.3, -0.25) is 10.1 Å². The Morgan fingerprint density at radius 1 is 1.37 bits per heavy atom. The van der Waals surface area contributed by atoms with Gasteiger partial charge in [0.05, 0.1) is 6.61 Å². The Labute approximate surface area is 112 Å². The van der Waals surface area contributed by atoms with E-state index >= 15 is 0 Å². The molecule has 0 atom stereocenters. The molecular weight excluding hydrogens is 248 g/mol. The van der Waals surface area contributed by atoms with Gasteiger partial charge in [0.15, 0.2) is 0 Å². The zero-order chi connectivity index (χ0) is 14.4. The number of nitrogens with one attached hydrogen (secondary N) is 1. The highest BCUT2D eigenvalue weighted by molar-refractivity contribution is 5.96. The molecule has 6 nitrogen and oxygen atoms in total. The smallest absolute Gasteiger partial charge is 0.411 e. The first-order chi connectivity index (χ1) is 8.95. The van der Waals surface area contributed by atoms with E-state index in [0.29, 0.717) is 11.3 Å². The molecule has 1 aromatic carbocycles. The lowest BCUT2D eigenvalue weighted by Crippen LogP contribution is -2.22. The standard InChI is InChI=1S/C13H18N2O4/c1-9-4-5-10(12(17)15(2)3)8-11(9)14-13(18)19-7-6-16/h4-5,8,16H,6-7H2,1-3H3,(H,14,18). The summed E-state index contributed by atoms with van der Waals surface area (Å²) in [7, 11) is 3.32. The minimum atomic E-state index is -0.661. The quantitative estimate of drug-likeness (QED) is 0.859. The maximum atomic E-state index is 11.8. The predicted octanol–water partition coefficient (Wildman–Crippen LogP) is 1.24. The number of carbonyl (C=O) groups excluding carboxylic acids is 2. The number of anilines is 1. The number of benzene rings is 1. The number of aryl methyl sites for hydroxylation is 1. The molecule has 0 spiro atoms. The third-order valence-corrected chi connectivity index (χ3v) is 2.45. The van der Waals surface area contributed by atoms with Crippen molar-refractivity contribution < 1.29 is 19.4 Å². The van der Waals surface area contributed by atoms with Crippen LogP contribution in [0.5, 0.6) is 0 Å². The summed E-state index contributed by atoms with van der Waals surface area (Å²) >= 11 is 0. The van der Waals surface area contributed by atoms with Crippen LogP contribution in [0.4, 0.5) is 10.5 Å². The van der Waals surface area contributed by atoms with Crippen LogP contribution in [0.2, 0.25) is 0 Å². The summed E-state index contributed by atoms with van der Waals surface area (Å²) in [4.78, 5) is 24.7. The number of rotatable bonds is 4. The molecule has 0 unspecified atom stereocenters. The van der Waals surface area contributed by atoms with E-state index in [-0.39, 0.29) is 19.1 Å². The van der Waals surface area contributed by atoms with Crippen LogP contribution in [0.1, 0.15) is 15.9 Å². The Balaban J connectivity index is 2.86. The number of hydrogen-bond acceptors (Lipinski definition) is 4. The van der Waals surface area contributed by atoms with Gasteiger partial charge in [-0.2, -0.15) is 0 Å². The second kappa shape index (κ2) is 6.75. The molecule has 2 amide bonds. The lowest BCUT2D eigenvalue weighted by atomic mass is 10.1. The van der Waals surface area contributed by atoms with Crippen molar-refractivity contribution in [3.8, 4) is 0 Å². The van der Waals surface area contributed by atoms with Crippen LogP contribution >= 0.6 is 0 Å². The first-order valence-corrected chi connectivity index (χ1v) is 5.82. The van der Waals surface area contributed by atoms with E-state index in [2.05, 4.69) is 5.32 Å². The van der Waals surface area contributed by atoms with Gasteiger partial charge in [0, 0.05) is 25.3 Å². The fraction of sp³-hybridized carbons (Fsp3) is 0.385. The molecule has 0 aliphatic rings. The minimum Gasteiger partial charge on any atom is -0.447 e. The zero-order valence-electron chi connectivity index (χ0n) is 11.3. The van der Waals surface area contributed by atoms with Gasteiger partial charge in [0.1, 0.15) is 6.61 Å². The van der Waals surface area contributed by atoms with E-state index in [1.54, 1.807) is 32.3 Å². The van der Waals surface area contributed by atoms with Crippen molar-refractivity contribution in [3.05, 3.63) is 29.3 Å². The van der Waals surface area contributed by atoms with Gasteiger partial charge in [-0.25, -0.2) is 4.79 Å². The number of nitrogens with zero attached hydrogens (tertiary/aromatic N) is 1. The lowest BCUT2D eigenvalue weighted by Gasteiger charge is -2.13. The number of aliphatic hydroxyl groups excluding tert-OH is 1. The molecule has 2 N–H and O–H groups in total. The molecule has 1 aromatic rings. The zero-order valence-corrected chi connectivity index (χ0v) is 11.3. The van der Waals surface area contributed by atoms with Crippen molar-refractivity contribution in [1.29, 1.82) is 0 Å². The average Bonchev–Trinajstić information content (AvgIpc) is 2.38. The fourth-order valence-electron chi connectivity index (χ4n) is 1.43. The number of ether oxygens (including phenoxy) is 1. The minimum absolute atomic E-state index is 0.0683. The van der Waals surface area contributed by atoms with Crippen LogP contribution in [0.3, 0.4) is 0 Å². The fourth-order valence-corrected chi connectivity index (χ4v) is 1.43. The maximum Gasteiger partial charge on any atom is 0.411 e. The van der Waals surface area contributed by atoms with E-state index in [0.717, 1.165) is 5.56 Å². The molecule has 1 rings (SSSR count). The van der Waals surface area contributed by atoms with Crippen molar-refractivity contribution in [3.63, 3.8) is 0 Å². The van der Waals surface area contributed by atoms with Crippen LogP contribution in [0, 0.1) is 6.92 Å².